The van der Waals surface area contributed by atoms with Gasteiger partial charge in [0, 0.05) is 0 Å². The summed E-state index contributed by atoms with van der Waals surface area (Å²) in [5, 5.41) is 11.9. The third-order valence-electron chi connectivity index (χ3n) is 7.36. The number of fused-ring (bicyclic) bond motifs is 1. The summed E-state index contributed by atoms with van der Waals surface area (Å²) in [5.74, 6) is 0.740. The van der Waals surface area contributed by atoms with Crippen LogP contribution in [-0.2, 0) is 11.4 Å². The quantitative estimate of drug-likeness (QED) is 0.284. The number of carbonyl (C=O) groups is 1. The summed E-state index contributed by atoms with van der Waals surface area (Å²) in [6, 6.07) is 28.8. The molecule has 1 atom stereocenters. The van der Waals surface area contributed by atoms with E-state index in [0.29, 0.717) is 49.8 Å². The van der Waals surface area contributed by atoms with Crippen molar-refractivity contribution in [2.24, 2.45) is 5.92 Å². The summed E-state index contributed by atoms with van der Waals surface area (Å²) in [5.41, 5.74) is 3.20. The first kappa shape index (κ1) is 25.6. The van der Waals surface area contributed by atoms with E-state index in [9.17, 15) is 9.90 Å². The number of benzene rings is 4. The summed E-state index contributed by atoms with van der Waals surface area (Å²) in [7, 11) is 3.27. The van der Waals surface area contributed by atoms with Crippen molar-refractivity contribution in [3.8, 4) is 17.2 Å². The average molecular weight is 512 g/mol. The molecule has 1 unspecified atom stereocenters. The van der Waals surface area contributed by atoms with Gasteiger partial charge in [-0.1, -0.05) is 66.7 Å². The first-order chi connectivity index (χ1) is 18.6. The van der Waals surface area contributed by atoms with Crippen molar-refractivity contribution in [3.63, 3.8) is 0 Å². The number of rotatable bonds is 9. The zero-order valence-electron chi connectivity index (χ0n) is 21.8. The second kappa shape index (κ2) is 11.6. The molecule has 0 radical (unpaired) electrons. The Hall–Kier alpha value is -4.03. The topological polar surface area (TPSA) is 68.2 Å². The van der Waals surface area contributed by atoms with Crippen LogP contribution in [0.3, 0.4) is 0 Å². The van der Waals surface area contributed by atoms with Crippen molar-refractivity contribution in [3.05, 3.63) is 102 Å². The van der Waals surface area contributed by atoms with Gasteiger partial charge in [-0.05, 0) is 71.6 Å². The normalized spacial score (nSPS) is 15.2. The number of carboxylic acids is 1. The maximum absolute atomic E-state index is 11.6. The molecule has 1 heterocycles. The zero-order valence-corrected chi connectivity index (χ0v) is 21.8. The molecule has 0 aromatic heterocycles. The summed E-state index contributed by atoms with van der Waals surface area (Å²) in [6.45, 7) is 1.76. The van der Waals surface area contributed by atoms with Crippen LogP contribution in [0.25, 0.3) is 10.8 Å². The summed E-state index contributed by atoms with van der Waals surface area (Å²) in [6.07, 6.45) is 1.23. The number of aliphatic carboxylic acids is 1. The van der Waals surface area contributed by atoms with E-state index in [2.05, 4.69) is 35.2 Å². The van der Waals surface area contributed by atoms with Gasteiger partial charge in [0.25, 0.3) is 0 Å². The van der Waals surface area contributed by atoms with Crippen LogP contribution in [0.4, 0.5) is 0 Å². The number of carboxylic acid groups (broad SMARTS) is 1. The van der Waals surface area contributed by atoms with Crippen LogP contribution < -0.4 is 14.2 Å². The van der Waals surface area contributed by atoms with Crippen LogP contribution in [0.5, 0.6) is 17.2 Å². The monoisotopic (exact) mass is 511 g/mol. The molecule has 6 heteroatoms. The van der Waals surface area contributed by atoms with Gasteiger partial charge in [0.1, 0.15) is 6.61 Å². The Kier molecular flexibility index (Phi) is 7.80. The van der Waals surface area contributed by atoms with E-state index in [-0.39, 0.29) is 12.0 Å². The predicted molar refractivity (Wildman–Crippen MR) is 148 cm³/mol. The Bertz CT molecular complexity index is 1370. The van der Waals surface area contributed by atoms with E-state index in [1.165, 1.54) is 5.39 Å². The van der Waals surface area contributed by atoms with Gasteiger partial charge in [-0.3, -0.25) is 9.69 Å². The number of hydrogen-bond donors (Lipinski definition) is 1. The second-order valence-corrected chi connectivity index (χ2v) is 9.69. The van der Waals surface area contributed by atoms with Crippen molar-refractivity contribution in [2.75, 3.05) is 27.3 Å². The SMILES string of the molecule is COc1cc(C(c2ccc3ccccc3c2)N2CCC(C(=O)O)CC2)cc(OC)c1OCc1ccccc1. The number of piperidine rings is 1. The molecule has 4 aromatic rings. The van der Waals surface area contributed by atoms with Gasteiger partial charge in [0.05, 0.1) is 26.2 Å². The van der Waals surface area contributed by atoms with Gasteiger partial charge in [0.2, 0.25) is 5.75 Å². The largest absolute Gasteiger partial charge is 0.493 e. The number of methoxy groups -OCH3 is 2. The van der Waals surface area contributed by atoms with E-state index in [1.54, 1.807) is 14.2 Å². The van der Waals surface area contributed by atoms with Gasteiger partial charge in [0.15, 0.2) is 11.5 Å². The van der Waals surface area contributed by atoms with Crippen LogP contribution in [0.1, 0.15) is 35.6 Å². The number of ether oxygens (including phenoxy) is 3. The molecule has 6 nitrogen and oxygen atoms in total. The van der Waals surface area contributed by atoms with Crippen LogP contribution >= 0.6 is 0 Å². The summed E-state index contributed by atoms with van der Waals surface area (Å²) >= 11 is 0. The minimum atomic E-state index is -0.713. The second-order valence-electron chi connectivity index (χ2n) is 9.69. The van der Waals surface area contributed by atoms with E-state index in [0.717, 1.165) is 22.1 Å². The molecular formula is C32H33NO5. The summed E-state index contributed by atoms with van der Waals surface area (Å²) < 4.78 is 17.8. The minimum Gasteiger partial charge on any atom is -0.493 e. The first-order valence-electron chi connectivity index (χ1n) is 13.0. The Morgan fingerprint density at radius 1 is 0.842 bits per heavy atom. The highest BCUT2D eigenvalue weighted by atomic mass is 16.5. The molecule has 4 aromatic carbocycles. The molecular weight excluding hydrogens is 478 g/mol. The highest BCUT2D eigenvalue weighted by Gasteiger charge is 2.31. The lowest BCUT2D eigenvalue weighted by atomic mass is 9.90. The van der Waals surface area contributed by atoms with Crippen molar-refractivity contribution in [1.82, 2.24) is 4.90 Å². The minimum absolute atomic E-state index is 0.0969. The fraction of sp³-hybridized carbons (Fsp3) is 0.281. The molecule has 1 aliphatic rings. The predicted octanol–water partition coefficient (Wildman–Crippen LogP) is 6.32. The smallest absolute Gasteiger partial charge is 0.306 e. The molecule has 0 saturated carbocycles. The lowest BCUT2D eigenvalue weighted by Gasteiger charge is -2.37. The number of likely N-dealkylation sites (tertiary alicyclic amines) is 1. The molecule has 1 aliphatic heterocycles. The van der Waals surface area contributed by atoms with E-state index in [1.807, 2.05) is 54.6 Å². The van der Waals surface area contributed by atoms with Gasteiger partial charge in [-0.25, -0.2) is 0 Å². The fourth-order valence-electron chi connectivity index (χ4n) is 5.33. The Balaban J connectivity index is 1.54. The van der Waals surface area contributed by atoms with Gasteiger partial charge in [-0.2, -0.15) is 0 Å². The van der Waals surface area contributed by atoms with E-state index < -0.39 is 5.97 Å². The van der Waals surface area contributed by atoms with Crippen LogP contribution in [0.15, 0.2) is 84.9 Å². The van der Waals surface area contributed by atoms with Gasteiger partial charge in [-0.15, -0.1) is 0 Å². The number of nitrogens with zero attached hydrogens (tertiary/aromatic N) is 1. The summed E-state index contributed by atoms with van der Waals surface area (Å²) in [4.78, 5) is 14.0. The Morgan fingerprint density at radius 3 is 2.11 bits per heavy atom. The third-order valence-corrected chi connectivity index (χ3v) is 7.36. The van der Waals surface area contributed by atoms with Crippen LogP contribution in [0.2, 0.25) is 0 Å². The van der Waals surface area contributed by atoms with Crippen LogP contribution in [0, 0.1) is 5.92 Å². The third kappa shape index (κ3) is 5.46. The molecule has 0 aliphatic carbocycles. The zero-order chi connectivity index (χ0) is 26.5. The van der Waals surface area contributed by atoms with E-state index >= 15 is 0 Å². The molecule has 38 heavy (non-hydrogen) atoms. The van der Waals surface area contributed by atoms with Gasteiger partial charge >= 0.3 is 5.97 Å². The highest BCUT2D eigenvalue weighted by molar-refractivity contribution is 5.83. The van der Waals surface area contributed by atoms with Crippen molar-refractivity contribution in [1.29, 1.82) is 0 Å². The van der Waals surface area contributed by atoms with Crippen LogP contribution in [-0.4, -0.2) is 43.3 Å². The standard InChI is InChI=1S/C32H33NO5/c1-36-28-19-27(20-29(37-2)31(28)38-21-22-8-4-3-5-9-22)30(33-16-14-24(15-17-33)32(34)35)26-13-12-23-10-6-7-11-25(23)18-26/h3-13,18-20,24,30H,14-17,21H2,1-2H3,(H,34,35). The molecule has 196 valence electrons. The fourth-order valence-corrected chi connectivity index (χ4v) is 5.33. The number of hydrogen-bond acceptors (Lipinski definition) is 5. The first-order valence-corrected chi connectivity index (χ1v) is 13.0. The maximum Gasteiger partial charge on any atom is 0.306 e. The van der Waals surface area contributed by atoms with Crippen molar-refractivity contribution in [2.45, 2.75) is 25.5 Å². The highest BCUT2D eigenvalue weighted by Crippen LogP contribution is 2.44. The maximum atomic E-state index is 11.6. The Labute approximate surface area is 223 Å². The molecule has 0 amide bonds. The molecule has 0 spiro atoms. The molecule has 1 fully saturated rings. The van der Waals surface area contributed by atoms with Crippen molar-refractivity contribution < 1.29 is 24.1 Å². The lowest BCUT2D eigenvalue weighted by Crippen LogP contribution is -2.39. The Morgan fingerprint density at radius 2 is 1.47 bits per heavy atom. The van der Waals surface area contributed by atoms with Crippen molar-refractivity contribution >= 4 is 16.7 Å². The molecule has 1 saturated heterocycles. The molecule has 1 N–H and O–H groups in total. The van der Waals surface area contributed by atoms with E-state index in [4.69, 9.17) is 14.2 Å². The van der Waals surface area contributed by atoms with Gasteiger partial charge < -0.3 is 19.3 Å². The average Bonchev–Trinajstić information content (AvgIpc) is 2.96. The molecule has 0 bridgehead atoms. The lowest BCUT2D eigenvalue weighted by molar-refractivity contribution is -0.143. The molecule has 5 rings (SSSR count).